The molecule has 1 aromatic rings. The van der Waals surface area contributed by atoms with Gasteiger partial charge in [-0.3, -0.25) is 4.98 Å². The van der Waals surface area contributed by atoms with E-state index in [2.05, 4.69) is 22.4 Å². The van der Waals surface area contributed by atoms with Gasteiger partial charge in [0.05, 0.1) is 0 Å². The van der Waals surface area contributed by atoms with Crippen molar-refractivity contribution >= 4 is 0 Å². The zero-order valence-electron chi connectivity index (χ0n) is 9.02. The van der Waals surface area contributed by atoms with Crippen LogP contribution < -0.4 is 5.32 Å². The molecule has 0 aromatic carbocycles. The largest absolute Gasteiger partial charge is 0.311 e. The van der Waals surface area contributed by atoms with Crippen LogP contribution in [0.25, 0.3) is 0 Å². The predicted molar refractivity (Wildman–Crippen MR) is 60.6 cm³/mol. The van der Waals surface area contributed by atoms with Crippen molar-refractivity contribution in [1.29, 1.82) is 0 Å². The third-order valence-corrected chi connectivity index (χ3v) is 3.79. The van der Waals surface area contributed by atoms with Crippen LogP contribution in [0.5, 0.6) is 0 Å². The second-order valence-corrected chi connectivity index (χ2v) is 5.00. The summed E-state index contributed by atoms with van der Waals surface area (Å²) < 4.78 is 0. The average Bonchev–Trinajstić information content (AvgIpc) is 2.60. The van der Waals surface area contributed by atoms with Gasteiger partial charge >= 0.3 is 0 Å². The van der Waals surface area contributed by atoms with Crippen LogP contribution in [0.1, 0.15) is 31.4 Å². The number of rotatable bonds is 2. The van der Waals surface area contributed by atoms with E-state index in [-0.39, 0.29) is 0 Å². The molecule has 3 heterocycles. The van der Waals surface area contributed by atoms with E-state index in [1.807, 2.05) is 12.3 Å². The number of piperidine rings is 1. The first kappa shape index (κ1) is 9.34. The highest BCUT2D eigenvalue weighted by molar-refractivity contribution is 5.06. The third kappa shape index (κ3) is 2.05. The lowest BCUT2D eigenvalue weighted by Crippen LogP contribution is -2.38. The fraction of sp³-hybridized carbons (Fsp3) is 0.615. The summed E-state index contributed by atoms with van der Waals surface area (Å²) in [5.74, 6) is 0.860. The van der Waals surface area contributed by atoms with Gasteiger partial charge in [-0.25, -0.2) is 0 Å². The smallest absolute Gasteiger partial charge is 0.0406 e. The lowest BCUT2D eigenvalue weighted by atomic mass is 9.88. The molecule has 0 spiro atoms. The third-order valence-electron chi connectivity index (χ3n) is 3.79. The van der Waals surface area contributed by atoms with Crippen molar-refractivity contribution in [2.45, 2.75) is 44.2 Å². The summed E-state index contributed by atoms with van der Waals surface area (Å²) in [6.07, 6.45) is 8.58. The highest BCUT2D eigenvalue weighted by Crippen LogP contribution is 2.32. The molecule has 2 saturated heterocycles. The average molecular weight is 202 g/mol. The first-order chi connectivity index (χ1) is 7.40. The molecule has 2 aliphatic rings. The Kier molecular flexibility index (Phi) is 2.45. The molecular weight excluding hydrogens is 184 g/mol. The van der Waals surface area contributed by atoms with Crippen molar-refractivity contribution in [3.8, 4) is 0 Å². The lowest BCUT2D eigenvalue weighted by Gasteiger charge is -2.28. The molecule has 3 rings (SSSR count). The van der Waals surface area contributed by atoms with E-state index in [0.717, 1.165) is 18.0 Å². The highest BCUT2D eigenvalue weighted by Gasteiger charge is 2.33. The fourth-order valence-electron chi connectivity index (χ4n) is 3.16. The van der Waals surface area contributed by atoms with Crippen LogP contribution in [0.3, 0.4) is 0 Å². The second-order valence-electron chi connectivity index (χ2n) is 5.00. The number of hydrogen-bond acceptors (Lipinski definition) is 2. The van der Waals surface area contributed by atoms with Gasteiger partial charge in [0.25, 0.3) is 0 Å². The normalized spacial score (nSPS) is 34.3. The molecule has 2 atom stereocenters. The van der Waals surface area contributed by atoms with Crippen molar-refractivity contribution in [1.82, 2.24) is 10.3 Å². The summed E-state index contributed by atoms with van der Waals surface area (Å²) in [5.41, 5.74) is 1.27. The number of pyridine rings is 1. The van der Waals surface area contributed by atoms with Gasteiger partial charge in [0.15, 0.2) is 0 Å². The molecule has 2 unspecified atom stereocenters. The molecule has 2 aliphatic heterocycles. The standard InChI is InChI=1S/C13H18N2/c1-2-6-14-11(3-1)7-10-8-12-4-5-13(9-10)15-12/h1-3,6,10,12-13,15H,4-5,7-9H2. The number of fused-ring (bicyclic) bond motifs is 2. The van der Waals surface area contributed by atoms with E-state index in [0.29, 0.717) is 0 Å². The van der Waals surface area contributed by atoms with E-state index in [4.69, 9.17) is 0 Å². The van der Waals surface area contributed by atoms with Gasteiger partial charge in [-0.1, -0.05) is 6.07 Å². The highest BCUT2D eigenvalue weighted by atomic mass is 15.0. The molecule has 2 heteroatoms. The quantitative estimate of drug-likeness (QED) is 0.795. The molecule has 2 bridgehead atoms. The number of nitrogens with one attached hydrogen (secondary N) is 1. The van der Waals surface area contributed by atoms with Crippen molar-refractivity contribution in [2.24, 2.45) is 5.92 Å². The summed E-state index contributed by atoms with van der Waals surface area (Å²) in [7, 11) is 0. The maximum absolute atomic E-state index is 4.42. The van der Waals surface area contributed by atoms with E-state index in [1.54, 1.807) is 0 Å². The van der Waals surface area contributed by atoms with Crippen LogP contribution in [-0.4, -0.2) is 17.1 Å². The molecule has 1 N–H and O–H groups in total. The Bertz CT molecular complexity index is 311. The van der Waals surface area contributed by atoms with Gasteiger partial charge in [-0.2, -0.15) is 0 Å². The van der Waals surface area contributed by atoms with Gasteiger partial charge in [-0.15, -0.1) is 0 Å². The monoisotopic (exact) mass is 202 g/mol. The van der Waals surface area contributed by atoms with Crippen LogP contribution >= 0.6 is 0 Å². The minimum absolute atomic E-state index is 0.803. The van der Waals surface area contributed by atoms with Crippen molar-refractivity contribution < 1.29 is 0 Å². The Morgan fingerprint density at radius 3 is 2.67 bits per heavy atom. The van der Waals surface area contributed by atoms with Gasteiger partial charge < -0.3 is 5.32 Å². The topological polar surface area (TPSA) is 24.9 Å². The van der Waals surface area contributed by atoms with Gasteiger partial charge in [0.2, 0.25) is 0 Å². The predicted octanol–water partition coefficient (Wildman–Crippen LogP) is 2.15. The minimum Gasteiger partial charge on any atom is -0.311 e. The van der Waals surface area contributed by atoms with Gasteiger partial charge in [-0.05, 0) is 50.2 Å². The van der Waals surface area contributed by atoms with Gasteiger partial charge in [0.1, 0.15) is 0 Å². The number of aromatic nitrogens is 1. The van der Waals surface area contributed by atoms with Crippen LogP contribution in [0.4, 0.5) is 0 Å². The first-order valence-electron chi connectivity index (χ1n) is 6.06. The first-order valence-corrected chi connectivity index (χ1v) is 6.06. The zero-order valence-corrected chi connectivity index (χ0v) is 9.02. The Morgan fingerprint density at radius 2 is 2.00 bits per heavy atom. The maximum Gasteiger partial charge on any atom is 0.0406 e. The summed E-state index contributed by atoms with van der Waals surface area (Å²) >= 11 is 0. The summed E-state index contributed by atoms with van der Waals surface area (Å²) in [6.45, 7) is 0. The molecule has 0 aliphatic carbocycles. The fourth-order valence-corrected chi connectivity index (χ4v) is 3.16. The molecule has 0 saturated carbocycles. The Morgan fingerprint density at radius 1 is 1.20 bits per heavy atom. The van der Waals surface area contributed by atoms with Crippen LogP contribution in [-0.2, 0) is 6.42 Å². The minimum atomic E-state index is 0.803. The van der Waals surface area contributed by atoms with Gasteiger partial charge in [0, 0.05) is 24.0 Å². The van der Waals surface area contributed by atoms with E-state index >= 15 is 0 Å². The maximum atomic E-state index is 4.42. The Hall–Kier alpha value is -0.890. The number of nitrogens with zero attached hydrogens (tertiary/aromatic N) is 1. The lowest BCUT2D eigenvalue weighted by molar-refractivity contribution is 0.297. The van der Waals surface area contributed by atoms with Crippen LogP contribution in [0, 0.1) is 5.92 Å². The molecule has 0 amide bonds. The molecular formula is C13H18N2. The summed E-state index contributed by atoms with van der Waals surface area (Å²) in [6, 6.07) is 7.85. The van der Waals surface area contributed by atoms with Crippen molar-refractivity contribution in [2.75, 3.05) is 0 Å². The molecule has 2 nitrogen and oxygen atoms in total. The van der Waals surface area contributed by atoms with Crippen molar-refractivity contribution in [3.63, 3.8) is 0 Å². The number of hydrogen-bond donors (Lipinski definition) is 1. The molecule has 80 valence electrons. The van der Waals surface area contributed by atoms with E-state index < -0.39 is 0 Å². The molecule has 15 heavy (non-hydrogen) atoms. The molecule has 2 fully saturated rings. The Labute approximate surface area is 91.1 Å². The van der Waals surface area contributed by atoms with E-state index in [1.165, 1.54) is 37.8 Å². The van der Waals surface area contributed by atoms with Crippen LogP contribution in [0.2, 0.25) is 0 Å². The van der Waals surface area contributed by atoms with E-state index in [9.17, 15) is 0 Å². The zero-order chi connectivity index (χ0) is 10.1. The summed E-state index contributed by atoms with van der Waals surface area (Å²) in [5, 5.41) is 3.69. The van der Waals surface area contributed by atoms with Crippen molar-refractivity contribution in [3.05, 3.63) is 30.1 Å². The second kappa shape index (κ2) is 3.93. The van der Waals surface area contributed by atoms with Crippen LogP contribution in [0.15, 0.2) is 24.4 Å². The molecule has 0 radical (unpaired) electrons. The Balaban J connectivity index is 1.65. The SMILES string of the molecule is c1ccc(CC2CC3CCC(C2)N3)nc1. The molecule has 1 aromatic heterocycles. The summed E-state index contributed by atoms with van der Waals surface area (Å²) in [4.78, 5) is 4.42.